The first-order valence-corrected chi connectivity index (χ1v) is 8.87. The minimum absolute atomic E-state index is 0.182. The van der Waals surface area contributed by atoms with Crippen LogP contribution in [-0.4, -0.2) is 31.7 Å². The van der Waals surface area contributed by atoms with Crippen molar-refractivity contribution in [3.63, 3.8) is 0 Å². The minimum atomic E-state index is -1.20. The van der Waals surface area contributed by atoms with Gasteiger partial charge in [-0.25, -0.2) is 9.78 Å². The number of benzene rings is 1. The summed E-state index contributed by atoms with van der Waals surface area (Å²) in [6.45, 7) is 4.93. The van der Waals surface area contributed by atoms with Gasteiger partial charge in [0, 0.05) is 24.6 Å². The van der Waals surface area contributed by atoms with Gasteiger partial charge in [-0.05, 0) is 20.8 Å². The lowest BCUT2D eigenvalue weighted by Crippen LogP contribution is -2.35. The zero-order valence-corrected chi connectivity index (χ0v) is 16.0. The Balaban J connectivity index is 1.60. The summed E-state index contributed by atoms with van der Waals surface area (Å²) in [6.07, 6.45) is 3.45. The predicted molar refractivity (Wildman–Crippen MR) is 103 cm³/mol. The second kappa shape index (κ2) is 7.67. The molecule has 0 unspecified atom stereocenters. The molecule has 2 heterocycles. The van der Waals surface area contributed by atoms with Crippen molar-refractivity contribution in [3.8, 4) is 11.3 Å². The number of carboxylic acid groups (broad SMARTS) is 1. The molecule has 1 aromatic carbocycles. The molecule has 0 aliphatic carbocycles. The lowest BCUT2D eigenvalue weighted by atomic mass is 10.1. The molecule has 0 radical (unpaired) electrons. The van der Waals surface area contributed by atoms with Crippen LogP contribution in [0.25, 0.3) is 11.3 Å². The molecule has 0 atom stereocenters. The van der Waals surface area contributed by atoms with E-state index in [0.717, 1.165) is 11.3 Å². The molecule has 0 saturated heterocycles. The van der Waals surface area contributed by atoms with E-state index in [1.54, 1.807) is 0 Å². The van der Waals surface area contributed by atoms with Crippen LogP contribution in [0, 0.1) is 6.92 Å². The van der Waals surface area contributed by atoms with Gasteiger partial charge < -0.3 is 14.8 Å². The third kappa shape index (κ3) is 4.11. The standard InChI is InChI=1S/C20H22N4O4/c1-13-18(14-7-5-4-6-8-14)28-17(22-13)10-9-16(25)23-15-11-21-24(12-15)20(2,3)19(26)27/h4-8,11-12H,9-10H2,1-3H3,(H,23,25)(H,26,27). The van der Waals surface area contributed by atoms with Gasteiger partial charge in [-0.15, -0.1) is 0 Å². The highest BCUT2D eigenvalue weighted by molar-refractivity contribution is 5.90. The van der Waals surface area contributed by atoms with E-state index in [0.29, 0.717) is 23.8 Å². The van der Waals surface area contributed by atoms with Gasteiger partial charge >= 0.3 is 5.97 Å². The van der Waals surface area contributed by atoms with Crippen LogP contribution in [0.15, 0.2) is 47.1 Å². The molecule has 2 N–H and O–H groups in total. The fourth-order valence-corrected chi connectivity index (χ4v) is 2.65. The molecule has 28 heavy (non-hydrogen) atoms. The fourth-order valence-electron chi connectivity index (χ4n) is 2.65. The Hall–Kier alpha value is -3.42. The van der Waals surface area contributed by atoms with Crippen molar-refractivity contribution in [2.24, 2.45) is 0 Å². The Kier molecular flexibility index (Phi) is 5.30. The molecule has 8 nitrogen and oxygen atoms in total. The number of hydrogen-bond donors (Lipinski definition) is 2. The van der Waals surface area contributed by atoms with E-state index in [1.807, 2.05) is 37.3 Å². The van der Waals surface area contributed by atoms with Gasteiger partial charge in [-0.1, -0.05) is 30.3 Å². The number of amides is 1. The lowest BCUT2D eigenvalue weighted by Gasteiger charge is -2.19. The highest BCUT2D eigenvalue weighted by Gasteiger charge is 2.30. The molecule has 146 valence electrons. The van der Waals surface area contributed by atoms with Gasteiger partial charge in [0.15, 0.2) is 17.2 Å². The van der Waals surface area contributed by atoms with Crippen LogP contribution in [0.2, 0.25) is 0 Å². The van der Waals surface area contributed by atoms with Crippen LogP contribution in [0.5, 0.6) is 0 Å². The van der Waals surface area contributed by atoms with Gasteiger partial charge in [0.25, 0.3) is 0 Å². The smallest absolute Gasteiger partial charge is 0.331 e. The summed E-state index contributed by atoms with van der Waals surface area (Å²) in [7, 11) is 0. The average molecular weight is 382 g/mol. The predicted octanol–water partition coefficient (Wildman–Crippen LogP) is 3.24. The summed E-state index contributed by atoms with van der Waals surface area (Å²) < 4.78 is 7.10. The van der Waals surface area contributed by atoms with Crippen molar-refractivity contribution in [3.05, 3.63) is 54.3 Å². The van der Waals surface area contributed by atoms with E-state index in [4.69, 9.17) is 4.42 Å². The first-order valence-electron chi connectivity index (χ1n) is 8.87. The van der Waals surface area contributed by atoms with Gasteiger partial charge in [0.05, 0.1) is 17.6 Å². The number of carboxylic acids is 1. The number of hydrogen-bond acceptors (Lipinski definition) is 5. The van der Waals surface area contributed by atoms with E-state index in [9.17, 15) is 14.7 Å². The van der Waals surface area contributed by atoms with Gasteiger partial charge in [0.1, 0.15) is 0 Å². The number of rotatable bonds is 7. The topological polar surface area (TPSA) is 110 Å². The first kappa shape index (κ1) is 19.3. The fraction of sp³-hybridized carbons (Fsp3) is 0.300. The number of aryl methyl sites for hydroxylation is 2. The SMILES string of the molecule is Cc1nc(CCC(=O)Nc2cnn(C(C)(C)C(=O)O)c2)oc1-c1ccccc1. The Bertz CT molecular complexity index is 989. The second-order valence-corrected chi connectivity index (χ2v) is 6.97. The van der Waals surface area contributed by atoms with Crippen molar-refractivity contribution >= 4 is 17.6 Å². The molecule has 0 aliphatic rings. The van der Waals surface area contributed by atoms with Crippen LogP contribution in [0.4, 0.5) is 5.69 Å². The molecule has 3 rings (SSSR count). The highest BCUT2D eigenvalue weighted by Crippen LogP contribution is 2.24. The number of oxazole rings is 1. The third-order valence-corrected chi connectivity index (χ3v) is 4.41. The largest absolute Gasteiger partial charge is 0.479 e. The molecular weight excluding hydrogens is 360 g/mol. The van der Waals surface area contributed by atoms with E-state index < -0.39 is 11.5 Å². The van der Waals surface area contributed by atoms with Crippen LogP contribution >= 0.6 is 0 Å². The Labute approximate surface area is 162 Å². The van der Waals surface area contributed by atoms with Crippen LogP contribution < -0.4 is 5.32 Å². The number of aromatic nitrogens is 3. The minimum Gasteiger partial charge on any atom is -0.479 e. The highest BCUT2D eigenvalue weighted by atomic mass is 16.4. The van der Waals surface area contributed by atoms with Crippen molar-refractivity contribution in [2.45, 2.75) is 39.2 Å². The summed E-state index contributed by atoms with van der Waals surface area (Å²) in [4.78, 5) is 27.9. The van der Waals surface area contributed by atoms with Crippen LogP contribution in [0.1, 0.15) is 31.9 Å². The quantitative estimate of drug-likeness (QED) is 0.649. The van der Waals surface area contributed by atoms with Crippen molar-refractivity contribution < 1.29 is 19.1 Å². The Morgan fingerprint density at radius 1 is 1.25 bits per heavy atom. The molecule has 0 bridgehead atoms. The van der Waals surface area contributed by atoms with Crippen LogP contribution in [0.3, 0.4) is 0 Å². The third-order valence-electron chi connectivity index (χ3n) is 4.41. The maximum absolute atomic E-state index is 12.2. The summed E-state index contributed by atoms with van der Waals surface area (Å²) in [5.41, 5.74) is 0.954. The molecular formula is C20H22N4O4. The Morgan fingerprint density at radius 2 is 1.96 bits per heavy atom. The van der Waals surface area contributed by atoms with Gasteiger partial charge in [-0.3, -0.25) is 9.48 Å². The van der Waals surface area contributed by atoms with Crippen LogP contribution in [-0.2, 0) is 21.5 Å². The van der Waals surface area contributed by atoms with Crippen molar-refractivity contribution in [1.29, 1.82) is 0 Å². The van der Waals surface area contributed by atoms with Crippen molar-refractivity contribution in [1.82, 2.24) is 14.8 Å². The summed E-state index contributed by atoms with van der Waals surface area (Å²) in [5.74, 6) is -0.0471. The maximum atomic E-state index is 12.2. The zero-order chi connectivity index (χ0) is 20.3. The van der Waals surface area contributed by atoms with E-state index in [2.05, 4.69) is 15.4 Å². The normalized spacial score (nSPS) is 11.4. The molecule has 0 saturated carbocycles. The molecule has 2 aromatic heterocycles. The van der Waals surface area contributed by atoms with E-state index in [1.165, 1.54) is 30.9 Å². The maximum Gasteiger partial charge on any atom is 0.331 e. The number of nitrogens with one attached hydrogen (secondary N) is 1. The van der Waals surface area contributed by atoms with E-state index in [-0.39, 0.29) is 12.3 Å². The summed E-state index contributed by atoms with van der Waals surface area (Å²) in [5, 5.41) is 16.0. The molecule has 8 heteroatoms. The van der Waals surface area contributed by atoms with Crippen molar-refractivity contribution in [2.75, 3.05) is 5.32 Å². The number of carbonyl (C=O) groups is 2. The Morgan fingerprint density at radius 3 is 2.64 bits per heavy atom. The van der Waals surface area contributed by atoms with E-state index >= 15 is 0 Å². The molecule has 0 spiro atoms. The summed E-state index contributed by atoms with van der Waals surface area (Å²) >= 11 is 0. The molecule has 0 fully saturated rings. The number of nitrogens with zero attached hydrogens (tertiary/aromatic N) is 3. The second-order valence-electron chi connectivity index (χ2n) is 6.97. The van der Waals surface area contributed by atoms with Gasteiger partial charge in [-0.2, -0.15) is 5.10 Å². The average Bonchev–Trinajstić information content (AvgIpc) is 3.27. The summed E-state index contributed by atoms with van der Waals surface area (Å²) in [6, 6.07) is 9.67. The zero-order valence-electron chi connectivity index (χ0n) is 16.0. The molecule has 1 amide bonds. The molecule has 3 aromatic rings. The van der Waals surface area contributed by atoms with Gasteiger partial charge in [0.2, 0.25) is 5.91 Å². The number of anilines is 1. The first-order chi connectivity index (χ1) is 13.3. The lowest BCUT2D eigenvalue weighted by molar-refractivity contribution is -0.146. The molecule has 0 aliphatic heterocycles. The monoisotopic (exact) mass is 382 g/mol. The number of carbonyl (C=O) groups excluding carboxylic acids is 1. The number of aliphatic carboxylic acids is 1.